The van der Waals surface area contributed by atoms with Gasteiger partial charge in [-0.1, -0.05) is 53.4 Å². The molecule has 0 saturated carbocycles. The largest absolute Gasteiger partial charge is 0.327 e. The average Bonchev–Trinajstić information content (AvgIpc) is 2.11. The van der Waals surface area contributed by atoms with E-state index in [-0.39, 0.29) is 0 Å². The van der Waals surface area contributed by atoms with Crippen molar-refractivity contribution in [2.45, 2.75) is 65.8 Å². The summed E-state index contributed by atoms with van der Waals surface area (Å²) in [5.74, 6) is 1.37. The Morgan fingerprint density at radius 1 is 1.08 bits per heavy atom. The first kappa shape index (κ1) is 13.0. The van der Waals surface area contributed by atoms with E-state index in [0.717, 1.165) is 5.92 Å². The molecule has 2 atom stereocenters. The molecule has 1 nitrogen and oxygen atoms in total. The van der Waals surface area contributed by atoms with Crippen molar-refractivity contribution in [2.24, 2.45) is 17.6 Å². The number of unbranched alkanes of at least 4 members (excludes halogenated alkanes) is 2. The van der Waals surface area contributed by atoms with Crippen molar-refractivity contribution in [1.29, 1.82) is 0 Å². The molecular formula is C12H27N. The average molecular weight is 185 g/mol. The molecule has 0 aliphatic carbocycles. The van der Waals surface area contributed by atoms with E-state index in [9.17, 15) is 0 Å². The Morgan fingerprint density at radius 3 is 2.08 bits per heavy atom. The molecule has 0 amide bonds. The van der Waals surface area contributed by atoms with Crippen LogP contribution in [0.15, 0.2) is 0 Å². The van der Waals surface area contributed by atoms with Crippen LogP contribution in [0.1, 0.15) is 59.8 Å². The summed E-state index contributed by atoms with van der Waals surface area (Å²) >= 11 is 0. The van der Waals surface area contributed by atoms with Gasteiger partial charge in [-0.05, 0) is 18.3 Å². The molecule has 0 aromatic rings. The molecule has 0 spiro atoms. The van der Waals surface area contributed by atoms with E-state index in [0.29, 0.717) is 12.0 Å². The summed E-state index contributed by atoms with van der Waals surface area (Å²) in [5.41, 5.74) is 6.15. The third-order valence-electron chi connectivity index (χ3n) is 3.02. The van der Waals surface area contributed by atoms with Gasteiger partial charge < -0.3 is 5.73 Å². The highest BCUT2D eigenvalue weighted by molar-refractivity contribution is 4.74. The summed E-state index contributed by atoms with van der Waals surface area (Å²) in [6.45, 7) is 8.97. The highest BCUT2D eigenvalue weighted by Crippen LogP contribution is 2.20. The van der Waals surface area contributed by atoms with E-state index in [1.807, 2.05) is 0 Å². The van der Waals surface area contributed by atoms with Crippen LogP contribution < -0.4 is 5.73 Å². The van der Waals surface area contributed by atoms with Gasteiger partial charge in [0.2, 0.25) is 0 Å². The molecule has 0 aromatic heterocycles. The van der Waals surface area contributed by atoms with E-state index in [1.165, 1.54) is 32.1 Å². The Bertz CT molecular complexity index is 110. The maximum Gasteiger partial charge on any atom is 0.00902 e. The third-order valence-corrected chi connectivity index (χ3v) is 3.02. The molecule has 0 rings (SSSR count). The number of rotatable bonds is 7. The Hall–Kier alpha value is -0.0400. The molecule has 0 saturated heterocycles. The lowest BCUT2D eigenvalue weighted by Crippen LogP contribution is -2.34. The molecule has 0 aliphatic heterocycles. The molecule has 2 N–H and O–H groups in total. The molecule has 0 aromatic carbocycles. The van der Waals surface area contributed by atoms with Gasteiger partial charge in [0, 0.05) is 6.04 Å². The fourth-order valence-corrected chi connectivity index (χ4v) is 1.87. The lowest BCUT2D eigenvalue weighted by Gasteiger charge is -2.25. The van der Waals surface area contributed by atoms with Gasteiger partial charge >= 0.3 is 0 Å². The minimum atomic E-state index is 0.404. The molecule has 13 heavy (non-hydrogen) atoms. The first-order chi connectivity index (χ1) is 6.13. The summed E-state index contributed by atoms with van der Waals surface area (Å²) in [6.07, 6.45) is 6.59. The molecule has 0 heterocycles. The maximum atomic E-state index is 6.15. The highest BCUT2D eigenvalue weighted by Gasteiger charge is 2.18. The zero-order chi connectivity index (χ0) is 10.3. The fraction of sp³-hybridized carbons (Fsp3) is 1.00. The van der Waals surface area contributed by atoms with Crippen LogP contribution in [0.2, 0.25) is 0 Å². The Labute approximate surface area is 84.1 Å². The van der Waals surface area contributed by atoms with Crippen LogP contribution in [-0.4, -0.2) is 6.04 Å². The van der Waals surface area contributed by atoms with Crippen LogP contribution in [0.25, 0.3) is 0 Å². The van der Waals surface area contributed by atoms with Crippen LogP contribution in [0, 0.1) is 11.8 Å². The minimum Gasteiger partial charge on any atom is -0.327 e. The molecular weight excluding hydrogens is 158 g/mol. The summed E-state index contributed by atoms with van der Waals surface area (Å²) in [6, 6.07) is 0.404. The van der Waals surface area contributed by atoms with Gasteiger partial charge in [-0.3, -0.25) is 0 Å². The zero-order valence-corrected chi connectivity index (χ0v) is 9.84. The predicted octanol–water partition coefficient (Wildman–Crippen LogP) is 3.58. The van der Waals surface area contributed by atoms with Crippen LogP contribution in [0.5, 0.6) is 0 Å². The van der Waals surface area contributed by atoms with Crippen LogP contribution in [0.3, 0.4) is 0 Å². The second-order valence-electron chi connectivity index (χ2n) is 4.49. The van der Waals surface area contributed by atoms with Crippen LogP contribution in [-0.2, 0) is 0 Å². The first-order valence-electron chi connectivity index (χ1n) is 5.89. The lowest BCUT2D eigenvalue weighted by atomic mass is 9.85. The summed E-state index contributed by atoms with van der Waals surface area (Å²) in [5, 5.41) is 0. The van der Waals surface area contributed by atoms with E-state index in [4.69, 9.17) is 5.73 Å². The smallest absolute Gasteiger partial charge is 0.00902 e. The number of nitrogens with two attached hydrogens (primary N) is 1. The van der Waals surface area contributed by atoms with Gasteiger partial charge in [-0.2, -0.15) is 0 Å². The van der Waals surface area contributed by atoms with Gasteiger partial charge in [0.15, 0.2) is 0 Å². The van der Waals surface area contributed by atoms with E-state index < -0.39 is 0 Å². The minimum absolute atomic E-state index is 0.404. The van der Waals surface area contributed by atoms with Gasteiger partial charge in [-0.15, -0.1) is 0 Å². The van der Waals surface area contributed by atoms with Gasteiger partial charge in [0.1, 0.15) is 0 Å². The first-order valence-corrected chi connectivity index (χ1v) is 5.89. The number of hydrogen-bond donors (Lipinski definition) is 1. The monoisotopic (exact) mass is 185 g/mol. The molecule has 2 unspecified atom stereocenters. The van der Waals surface area contributed by atoms with Crippen molar-refractivity contribution < 1.29 is 0 Å². The lowest BCUT2D eigenvalue weighted by molar-refractivity contribution is 0.307. The molecule has 0 fully saturated rings. The normalized spacial score (nSPS) is 16.2. The quantitative estimate of drug-likeness (QED) is 0.603. The third kappa shape index (κ3) is 5.30. The second kappa shape index (κ2) is 7.37. The van der Waals surface area contributed by atoms with Crippen LogP contribution >= 0.6 is 0 Å². The van der Waals surface area contributed by atoms with Gasteiger partial charge in [0.05, 0.1) is 0 Å². The van der Waals surface area contributed by atoms with Gasteiger partial charge in [0.25, 0.3) is 0 Å². The van der Waals surface area contributed by atoms with Crippen molar-refractivity contribution in [3.8, 4) is 0 Å². The Morgan fingerprint density at radius 2 is 1.69 bits per heavy atom. The van der Waals surface area contributed by atoms with Crippen molar-refractivity contribution in [2.75, 3.05) is 0 Å². The summed E-state index contributed by atoms with van der Waals surface area (Å²) < 4.78 is 0. The van der Waals surface area contributed by atoms with Gasteiger partial charge in [-0.25, -0.2) is 0 Å². The predicted molar refractivity (Wildman–Crippen MR) is 60.7 cm³/mol. The van der Waals surface area contributed by atoms with Crippen molar-refractivity contribution in [3.05, 3.63) is 0 Å². The molecule has 1 heteroatoms. The number of hydrogen-bond acceptors (Lipinski definition) is 1. The zero-order valence-electron chi connectivity index (χ0n) is 9.84. The SMILES string of the molecule is CCCCCC(CC)C(N)C(C)C. The summed E-state index contributed by atoms with van der Waals surface area (Å²) in [7, 11) is 0. The Balaban J connectivity index is 3.73. The summed E-state index contributed by atoms with van der Waals surface area (Å²) in [4.78, 5) is 0. The topological polar surface area (TPSA) is 26.0 Å². The molecule has 0 bridgehead atoms. The van der Waals surface area contributed by atoms with Crippen molar-refractivity contribution >= 4 is 0 Å². The second-order valence-corrected chi connectivity index (χ2v) is 4.49. The molecule has 80 valence electrons. The fourth-order valence-electron chi connectivity index (χ4n) is 1.87. The van der Waals surface area contributed by atoms with E-state index >= 15 is 0 Å². The molecule has 0 radical (unpaired) electrons. The van der Waals surface area contributed by atoms with Crippen molar-refractivity contribution in [1.82, 2.24) is 0 Å². The van der Waals surface area contributed by atoms with E-state index in [2.05, 4.69) is 27.7 Å². The maximum absolute atomic E-state index is 6.15. The van der Waals surface area contributed by atoms with E-state index in [1.54, 1.807) is 0 Å². The standard InChI is InChI=1S/C12H27N/c1-5-7-8-9-11(6-2)12(13)10(3)4/h10-12H,5-9,13H2,1-4H3. The molecule has 0 aliphatic rings. The van der Waals surface area contributed by atoms with Crippen LogP contribution in [0.4, 0.5) is 0 Å². The van der Waals surface area contributed by atoms with Crippen molar-refractivity contribution in [3.63, 3.8) is 0 Å². The Kier molecular flexibility index (Phi) is 7.35. The highest BCUT2D eigenvalue weighted by atomic mass is 14.7.